The Balaban J connectivity index is 1.85. The van der Waals surface area contributed by atoms with Gasteiger partial charge >= 0.3 is 0 Å². The molecule has 0 aliphatic heterocycles. The lowest BCUT2D eigenvalue weighted by molar-refractivity contribution is 0.0947. The monoisotopic (exact) mass is 436 g/mol. The highest BCUT2D eigenvalue weighted by Crippen LogP contribution is 2.20. The Morgan fingerprint density at radius 2 is 1.77 bits per heavy atom. The molecule has 0 radical (unpaired) electrons. The van der Waals surface area contributed by atoms with Gasteiger partial charge in [0, 0.05) is 10.2 Å². The van der Waals surface area contributed by atoms with Crippen molar-refractivity contribution in [1.82, 2.24) is 14.8 Å². The molecule has 0 amide bonds. The fraction of sp³-hybridized carbons (Fsp3) is 0. The summed E-state index contributed by atoms with van der Waals surface area (Å²) in [6.45, 7) is 0. The number of carbonyl (C=O) groups is 1. The molecule has 0 atom stereocenters. The minimum absolute atomic E-state index is 0.0230. The van der Waals surface area contributed by atoms with Crippen LogP contribution in [0.2, 0.25) is 0 Å². The van der Waals surface area contributed by atoms with Gasteiger partial charge in [-0.05, 0) is 52.3 Å². The van der Waals surface area contributed by atoms with Crippen molar-refractivity contribution < 1.29 is 13.2 Å². The van der Waals surface area contributed by atoms with Gasteiger partial charge in [-0.3, -0.25) is 4.79 Å². The van der Waals surface area contributed by atoms with Crippen molar-refractivity contribution >= 4 is 49.4 Å². The molecule has 0 saturated carbocycles. The summed E-state index contributed by atoms with van der Waals surface area (Å²) in [4.78, 5) is 16.5. The number of carbonyl (C=O) groups excluding carboxylic acids is 1. The average Bonchev–Trinajstić information content (AvgIpc) is 2.94. The SMILES string of the molecule is Nc1nc(Nc2ccc(S(N)(=O)=O)cc2)nn1C(=O)c1ccccc1Br. The van der Waals surface area contributed by atoms with Crippen LogP contribution in [0, 0.1) is 0 Å². The number of anilines is 3. The molecule has 0 aliphatic rings. The number of nitrogens with one attached hydrogen (secondary N) is 1. The van der Waals surface area contributed by atoms with E-state index in [-0.39, 0.29) is 16.8 Å². The Labute approximate surface area is 157 Å². The Hall–Kier alpha value is -2.76. The summed E-state index contributed by atoms with van der Waals surface area (Å²) in [6, 6.07) is 12.5. The van der Waals surface area contributed by atoms with Gasteiger partial charge in [0.15, 0.2) is 0 Å². The molecule has 0 saturated heterocycles. The van der Waals surface area contributed by atoms with E-state index < -0.39 is 15.9 Å². The lowest BCUT2D eigenvalue weighted by Crippen LogP contribution is -2.16. The molecule has 1 heterocycles. The van der Waals surface area contributed by atoms with E-state index in [2.05, 4.69) is 31.3 Å². The van der Waals surface area contributed by atoms with Gasteiger partial charge in [0.1, 0.15) is 0 Å². The first kappa shape index (κ1) is 18.0. The van der Waals surface area contributed by atoms with Crippen molar-refractivity contribution in [2.24, 2.45) is 5.14 Å². The van der Waals surface area contributed by atoms with E-state index in [9.17, 15) is 13.2 Å². The summed E-state index contributed by atoms with van der Waals surface area (Å²) in [7, 11) is -3.77. The zero-order valence-corrected chi connectivity index (χ0v) is 15.5. The third-order valence-electron chi connectivity index (χ3n) is 3.37. The second-order valence-corrected chi connectivity index (χ2v) is 7.60. The van der Waals surface area contributed by atoms with Crippen LogP contribution in [0.25, 0.3) is 0 Å². The number of nitrogens with two attached hydrogens (primary N) is 2. The molecule has 26 heavy (non-hydrogen) atoms. The molecular weight excluding hydrogens is 424 g/mol. The van der Waals surface area contributed by atoms with Crippen LogP contribution in [0.5, 0.6) is 0 Å². The number of nitrogens with zero attached hydrogens (tertiary/aromatic N) is 3. The molecule has 11 heteroatoms. The van der Waals surface area contributed by atoms with Crippen molar-refractivity contribution in [1.29, 1.82) is 0 Å². The Bertz CT molecular complexity index is 1080. The van der Waals surface area contributed by atoms with Crippen molar-refractivity contribution in [3.63, 3.8) is 0 Å². The van der Waals surface area contributed by atoms with Gasteiger partial charge in [-0.15, -0.1) is 5.10 Å². The second-order valence-electron chi connectivity index (χ2n) is 5.18. The molecule has 0 bridgehead atoms. The van der Waals surface area contributed by atoms with Gasteiger partial charge in [-0.1, -0.05) is 12.1 Å². The summed E-state index contributed by atoms with van der Waals surface area (Å²) in [5.74, 6) is -0.444. The number of hydrogen-bond donors (Lipinski definition) is 3. The first-order valence-corrected chi connectivity index (χ1v) is 9.51. The zero-order chi connectivity index (χ0) is 18.9. The quantitative estimate of drug-likeness (QED) is 0.563. The van der Waals surface area contributed by atoms with Crippen LogP contribution in [-0.4, -0.2) is 29.1 Å². The summed E-state index contributed by atoms with van der Waals surface area (Å²) in [5, 5.41) is 11.9. The van der Waals surface area contributed by atoms with Gasteiger partial charge in [0.25, 0.3) is 5.91 Å². The van der Waals surface area contributed by atoms with Crippen LogP contribution in [0.4, 0.5) is 17.6 Å². The van der Waals surface area contributed by atoms with Crippen molar-refractivity contribution in [3.8, 4) is 0 Å². The topological polar surface area (TPSA) is 146 Å². The number of primary sulfonamides is 1. The minimum Gasteiger partial charge on any atom is -0.368 e. The highest BCUT2D eigenvalue weighted by atomic mass is 79.9. The number of benzene rings is 2. The van der Waals surface area contributed by atoms with Gasteiger partial charge in [0.05, 0.1) is 10.5 Å². The van der Waals surface area contributed by atoms with Gasteiger partial charge < -0.3 is 11.1 Å². The first-order valence-electron chi connectivity index (χ1n) is 7.17. The van der Waals surface area contributed by atoms with E-state index in [1.54, 1.807) is 24.3 Å². The van der Waals surface area contributed by atoms with Crippen LogP contribution in [0.15, 0.2) is 57.9 Å². The summed E-state index contributed by atoms with van der Waals surface area (Å²) >= 11 is 3.30. The van der Waals surface area contributed by atoms with Gasteiger partial charge in [-0.25, -0.2) is 13.6 Å². The second kappa shape index (κ2) is 6.86. The molecule has 0 unspecified atom stereocenters. The summed E-state index contributed by atoms with van der Waals surface area (Å²) < 4.78 is 24.1. The van der Waals surface area contributed by atoms with Crippen molar-refractivity contribution in [2.75, 3.05) is 11.1 Å². The molecule has 9 nitrogen and oxygen atoms in total. The third-order valence-corrected chi connectivity index (χ3v) is 4.99. The van der Waals surface area contributed by atoms with E-state index in [4.69, 9.17) is 10.9 Å². The van der Waals surface area contributed by atoms with E-state index >= 15 is 0 Å². The number of rotatable bonds is 4. The molecule has 0 fully saturated rings. The van der Waals surface area contributed by atoms with Crippen molar-refractivity contribution in [3.05, 3.63) is 58.6 Å². The number of sulfonamides is 1. The molecule has 3 aromatic rings. The standard InChI is InChI=1S/C15H13BrN6O3S/c16-12-4-2-1-3-11(12)13(23)22-14(17)20-15(21-22)19-9-5-7-10(8-6-9)26(18,24)25/h1-8H,(H2,18,24,25)(H3,17,19,20,21). The van der Waals surface area contributed by atoms with E-state index in [0.717, 1.165) is 4.68 Å². The fourth-order valence-corrected chi connectivity index (χ4v) is 3.10. The largest absolute Gasteiger partial charge is 0.368 e. The Morgan fingerprint density at radius 1 is 1.12 bits per heavy atom. The molecular formula is C15H13BrN6O3S. The lowest BCUT2D eigenvalue weighted by Gasteiger charge is -2.04. The Kier molecular flexibility index (Phi) is 4.76. The highest BCUT2D eigenvalue weighted by Gasteiger charge is 2.18. The van der Waals surface area contributed by atoms with Crippen molar-refractivity contribution in [2.45, 2.75) is 4.90 Å². The predicted octanol–water partition coefficient (Wildman–Crippen LogP) is 1.70. The van der Waals surface area contributed by atoms with Gasteiger partial charge in [0.2, 0.25) is 21.9 Å². The maximum absolute atomic E-state index is 12.6. The number of aromatic nitrogens is 3. The average molecular weight is 437 g/mol. The number of nitrogen functional groups attached to an aromatic ring is 1. The van der Waals surface area contributed by atoms with Crippen LogP contribution in [0.3, 0.4) is 0 Å². The number of halogens is 1. The smallest absolute Gasteiger partial charge is 0.282 e. The molecule has 134 valence electrons. The summed E-state index contributed by atoms with van der Waals surface area (Å²) in [5.41, 5.74) is 6.67. The molecule has 0 aliphatic carbocycles. The molecule has 2 aromatic carbocycles. The first-order chi connectivity index (χ1) is 12.3. The molecule has 0 spiro atoms. The van der Waals surface area contributed by atoms with E-state index in [1.807, 2.05) is 0 Å². The van der Waals surface area contributed by atoms with Gasteiger partial charge in [-0.2, -0.15) is 9.67 Å². The van der Waals surface area contributed by atoms with Crippen LogP contribution in [0.1, 0.15) is 10.4 Å². The normalized spacial score (nSPS) is 11.3. The van der Waals surface area contributed by atoms with Crippen LogP contribution < -0.4 is 16.2 Å². The lowest BCUT2D eigenvalue weighted by atomic mass is 10.2. The Morgan fingerprint density at radius 3 is 2.38 bits per heavy atom. The van der Waals surface area contributed by atoms with Crippen LogP contribution >= 0.6 is 15.9 Å². The highest BCUT2D eigenvalue weighted by molar-refractivity contribution is 9.10. The maximum Gasteiger partial charge on any atom is 0.282 e. The summed E-state index contributed by atoms with van der Waals surface area (Å²) in [6.07, 6.45) is 0. The van der Waals surface area contributed by atoms with E-state index in [1.165, 1.54) is 24.3 Å². The number of hydrogen-bond acceptors (Lipinski definition) is 7. The maximum atomic E-state index is 12.6. The molecule has 1 aromatic heterocycles. The predicted molar refractivity (Wildman–Crippen MR) is 99.4 cm³/mol. The molecule has 3 rings (SSSR count). The molecule has 5 N–H and O–H groups in total. The zero-order valence-electron chi connectivity index (χ0n) is 13.1. The van der Waals surface area contributed by atoms with E-state index in [0.29, 0.717) is 15.7 Å². The fourth-order valence-electron chi connectivity index (χ4n) is 2.13. The minimum atomic E-state index is -3.77. The van der Waals surface area contributed by atoms with Crippen LogP contribution in [-0.2, 0) is 10.0 Å². The third kappa shape index (κ3) is 3.74.